The first-order chi connectivity index (χ1) is 13.7. The van der Waals surface area contributed by atoms with Gasteiger partial charge in [-0.05, 0) is 36.8 Å². The molecule has 0 bridgehead atoms. The molecule has 1 aliphatic rings. The molecule has 0 radical (unpaired) electrons. The number of carbonyl (C=O) groups excluding carboxylic acids is 2. The molecule has 1 unspecified atom stereocenters. The van der Waals surface area contributed by atoms with Crippen LogP contribution >= 0.6 is 0 Å². The van der Waals surface area contributed by atoms with Gasteiger partial charge in [-0.25, -0.2) is 0 Å². The van der Waals surface area contributed by atoms with Crippen molar-refractivity contribution < 1.29 is 32.2 Å². The van der Waals surface area contributed by atoms with Crippen molar-refractivity contribution in [2.24, 2.45) is 5.92 Å². The van der Waals surface area contributed by atoms with Gasteiger partial charge in [0.1, 0.15) is 17.4 Å². The van der Waals surface area contributed by atoms with Gasteiger partial charge in [-0.3, -0.25) is 9.59 Å². The van der Waals surface area contributed by atoms with Gasteiger partial charge in [0.2, 0.25) is 11.8 Å². The van der Waals surface area contributed by atoms with Gasteiger partial charge in [0.15, 0.2) is 0 Å². The minimum atomic E-state index is -4.51. The summed E-state index contributed by atoms with van der Waals surface area (Å²) in [5, 5.41) is 2.65. The van der Waals surface area contributed by atoms with Crippen molar-refractivity contribution >= 4 is 23.2 Å². The Balaban J connectivity index is 1.76. The summed E-state index contributed by atoms with van der Waals surface area (Å²) in [5.41, 5.74) is -0.371. The predicted octanol–water partition coefficient (Wildman–Crippen LogP) is 3.71. The number of rotatable bonds is 5. The molecule has 2 aromatic rings. The number of ether oxygens (including phenoxy) is 2. The maximum atomic E-state index is 12.9. The second-order valence-electron chi connectivity index (χ2n) is 6.43. The van der Waals surface area contributed by atoms with Crippen LogP contribution in [0.5, 0.6) is 11.5 Å². The van der Waals surface area contributed by atoms with E-state index >= 15 is 0 Å². The van der Waals surface area contributed by atoms with Crippen molar-refractivity contribution in [2.75, 3.05) is 31.0 Å². The SMILES string of the molecule is COc1ccc(NC(=O)C2CCN(c3cccc(C(F)(F)F)c3)C2=O)c(OC)c1. The highest BCUT2D eigenvalue weighted by Crippen LogP contribution is 2.34. The first kappa shape index (κ1) is 20.5. The Bertz CT molecular complexity index is 930. The normalized spacial score (nSPS) is 16.7. The van der Waals surface area contributed by atoms with Gasteiger partial charge in [-0.15, -0.1) is 0 Å². The summed E-state index contributed by atoms with van der Waals surface area (Å²) in [6, 6.07) is 9.29. The van der Waals surface area contributed by atoms with Crippen LogP contribution in [0.25, 0.3) is 0 Å². The van der Waals surface area contributed by atoms with Crippen molar-refractivity contribution in [3.05, 3.63) is 48.0 Å². The van der Waals surface area contributed by atoms with E-state index in [1.807, 2.05) is 0 Å². The first-order valence-electron chi connectivity index (χ1n) is 8.76. The van der Waals surface area contributed by atoms with E-state index < -0.39 is 29.5 Å². The van der Waals surface area contributed by atoms with E-state index in [0.717, 1.165) is 12.1 Å². The van der Waals surface area contributed by atoms with Crippen LogP contribution < -0.4 is 19.7 Å². The third-order valence-electron chi connectivity index (χ3n) is 4.67. The fourth-order valence-corrected chi connectivity index (χ4v) is 3.15. The number of halogens is 3. The highest BCUT2D eigenvalue weighted by Gasteiger charge is 2.39. The molecule has 3 rings (SSSR count). The van der Waals surface area contributed by atoms with Crippen molar-refractivity contribution in [3.63, 3.8) is 0 Å². The summed E-state index contributed by atoms with van der Waals surface area (Å²) in [5.74, 6) is -1.20. The molecule has 0 aliphatic carbocycles. The van der Waals surface area contributed by atoms with E-state index in [4.69, 9.17) is 9.47 Å². The van der Waals surface area contributed by atoms with Crippen molar-refractivity contribution in [1.82, 2.24) is 0 Å². The van der Waals surface area contributed by atoms with Crippen LogP contribution in [0.4, 0.5) is 24.5 Å². The molecule has 0 saturated carbocycles. The van der Waals surface area contributed by atoms with Crippen molar-refractivity contribution in [1.29, 1.82) is 0 Å². The van der Waals surface area contributed by atoms with Gasteiger partial charge in [0, 0.05) is 18.3 Å². The molecule has 1 saturated heterocycles. The van der Waals surface area contributed by atoms with E-state index in [9.17, 15) is 22.8 Å². The molecule has 1 heterocycles. The predicted molar refractivity (Wildman–Crippen MR) is 100 cm³/mol. The highest BCUT2D eigenvalue weighted by molar-refractivity contribution is 6.13. The number of hydrogen-bond acceptors (Lipinski definition) is 4. The molecule has 9 heteroatoms. The highest BCUT2D eigenvalue weighted by atomic mass is 19.4. The molecule has 1 aliphatic heterocycles. The summed E-state index contributed by atoms with van der Waals surface area (Å²) < 4.78 is 49.1. The molecular formula is C20H19F3N2O4. The van der Waals surface area contributed by atoms with Crippen LogP contribution in [0.1, 0.15) is 12.0 Å². The fourth-order valence-electron chi connectivity index (χ4n) is 3.15. The van der Waals surface area contributed by atoms with Crippen LogP contribution in [0.2, 0.25) is 0 Å². The second-order valence-corrected chi connectivity index (χ2v) is 6.43. The molecule has 1 N–H and O–H groups in total. The van der Waals surface area contributed by atoms with Gasteiger partial charge in [0.05, 0.1) is 25.5 Å². The molecule has 6 nitrogen and oxygen atoms in total. The summed E-state index contributed by atoms with van der Waals surface area (Å²) >= 11 is 0. The van der Waals surface area contributed by atoms with Crippen LogP contribution in [0.15, 0.2) is 42.5 Å². The summed E-state index contributed by atoms with van der Waals surface area (Å²) in [4.78, 5) is 26.5. The Kier molecular flexibility index (Phi) is 5.67. The Hall–Kier alpha value is -3.23. The fraction of sp³-hybridized carbons (Fsp3) is 0.300. The smallest absolute Gasteiger partial charge is 0.416 e. The average molecular weight is 408 g/mol. The summed E-state index contributed by atoms with van der Waals surface area (Å²) in [6.07, 6.45) is -4.32. The molecule has 2 aromatic carbocycles. The standard InChI is InChI=1S/C20H19F3N2O4/c1-28-14-6-7-16(17(11-14)29-2)24-18(26)15-8-9-25(19(15)27)13-5-3-4-12(10-13)20(21,22)23/h3-7,10-11,15H,8-9H2,1-2H3,(H,24,26). The monoisotopic (exact) mass is 408 g/mol. The lowest BCUT2D eigenvalue weighted by molar-refractivity contribution is -0.137. The Morgan fingerprint density at radius 3 is 2.55 bits per heavy atom. The lowest BCUT2D eigenvalue weighted by Gasteiger charge is -2.18. The maximum absolute atomic E-state index is 12.9. The van der Waals surface area contributed by atoms with Crippen LogP contribution in [0.3, 0.4) is 0 Å². The molecule has 1 atom stereocenters. The third kappa shape index (κ3) is 4.28. The third-order valence-corrected chi connectivity index (χ3v) is 4.67. The van der Waals surface area contributed by atoms with E-state index in [0.29, 0.717) is 17.2 Å². The summed E-state index contributed by atoms with van der Waals surface area (Å²) in [6.45, 7) is 0.151. The van der Waals surface area contributed by atoms with Gasteiger partial charge in [-0.2, -0.15) is 13.2 Å². The summed E-state index contributed by atoms with van der Waals surface area (Å²) in [7, 11) is 2.92. The number of carbonyl (C=O) groups is 2. The van der Waals surface area contributed by atoms with E-state index in [2.05, 4.69) is 5.32 Å². The van der Waals surface area contributed by atoms with Crippen molar-refractivity contribution in [3.8, 4) is 11.5 Å². The zero-order valence-corrected chi connectivity index (χ0v) is 15.7. The minimum absolute atomic E-state index is 0.113. The maximum Gasteiger partial charge on any atom is 0.416 e. The second kappa shape index (κ2) is 8.02. The average Bonchev–Trinajstić information content (AvgIpc) is 3.09. The van der Waals surface area contributed by atoms with Gasteiger partial charge < -0.3 is 19.7 Å². The van der Waals surface area contributed by atoms with Crippen LogP contribution in [-0.2, 0) is 15.8 Å². The largest absolute Gasteiger partial charge is 0.497 e. The lowest BCUT2D eigenvalue weighted by atomic mass is 10.1. The molecule has 0 aromatic heterocycles. The number of hydrogen-bond donors (Lipinski definition) is 1. The Labute approximate surface area is 165 Å². The van der Waals surface area contributed by atoms with Crippen LogP contribution in [-0.4, -0.2) is 32.6 Å². The molecule has 2 amide bonds. The number of methoxy groups -OCH3 is 2. The molecule has 1 fully saturated rings. The lowest BCUT2D eigenvalue weighted by Crippen LogP contribution is -2.33. The van der Waals surface area contributed by atoms with Gasteiger partial charge in [-0.1, -0.05) is 6.07 Å². The van der Waals surface area contributed by atoms with Crippen LogP contribution in [0, 0.1) is 5.92 Å². The van der Waals surface area contributed by atoms with Gasteiger partial charge in [0.25, 0.3) is 0 Å². The minimum Gasteiger partial charge on any atom is -0.497 e. The molecular weight excluding hydrogens is 389 g/mol. The Morgan fingerprint density at radius 2 is 1.90 bits per heavy atom. The molecule has 0 spiro atoms. The van der Waals surface area contributed by atoms with Gasteiger partial charge >= 0.3 is 6.18 Å². The number of nitrogens with zero attached hydrogens (tertiary/aromatic N) is 1. The number of amides is 2. The number of anilines is 2. The van der Waals surface area contributed by atoms with Crippen molar-refractivity contribution in [2.45, 2.75) is 12.6 Å². The quantitative estimate of drug-likeness (QED) is 0.766. The molecule has 154 valence electrons. The Morgan fingerprint density at radius 1 is 1.14 bits per heavy atom. The number of benzene rings is 2. The van der Waals surface area contributed by atoms with E-state index in [-0.39, 0.29) is 18.7 Å². The molecule has 29 heavy (non-hydrogen) atoms. The van der Waals surface area contributed by atoms with E-state index in [1.54, 1.807) is 18.2 Å². The zero-order chi connectivity index (χ0) is 21.2. The zero-order valence-electron chi connectivity index (χ0n) is 15.7. The van der Waals surface area contributed by atoms with E-state index in [1.165, 1.54) is 31.3 Å². The first-order valence-corrected chi connectivity index (χ1v) is 8.76. The number of alkyl halides is 3. The number of nitrogens with one attached hydrogen (secondary N) is 1. The topological polar surface area (TPSA) is 67.9 Å².